The molecule has 1 aromatic heterocycles. The van der Waals surface area contributed by atoms with Gasteiger partial charge in [-0.15, -0.1) is 5.10 Å². The Labute approximate surface area is 152 Å². The number of carbonyl (C=O) groups excluding carboxylic acids is 1. The summed E-state index contributed by atoms with van der Waals surface area (Å²) in [5.41, 5.74) is -0.128. The van der Waals surface area contributed by atoms with Gasteiger partial charge in [0.1, 0.15) is 0 Å². The number of carbonyl (C=O) groups is 1. The minimum atomic E-state index is -0.183. The summed E-state index contributed by atoms with van der Waals surface area (Å²) < 4.78 is 1.65. The predicted octanol–water partition coefficient (Wildman–Crippen LogP) is 2.55. The van der Waals surface area contributed by atoms with Crippen molar-refractivity contribution in [3.63, 3.8) is 0 Å². The quantitative estimate of drug-likeness (QED) is 0.729. The van der Waals surface area contributed by atoms with Crippen molar-refractivity contribution in [3.8, 4) is 0 Å². The highest BCUT2D eigenvalue weighted by Gasteiger charge is 2.51. The molecule has 0 saturated heterocycles. The average Bonchev–Trinajstić information content (AvgIpc) is 2.89. The number of aromatic nitrogens is 3. The fourth-order valence-electron chi connectivity index (χ4n) is 5.65. The average molecular weight is 365 g/mol. The summed E-state index contributed by atoms with van der Waals surface area (Å²) >= 11 is 1.36. The van der Waals surface area contributed by atoms with Crippen LogP contribution in [0.2, 0.25) is 0 Å². The number of nitrogens with one attached hydrogen (secondary N) is 2. The maximum Gasteiger partial charge on any atom is 0.343 e. The molecule has 0 spiro atoms. The molecule has 4 fully saturated rings. The smallest absolute Gasteiger partial charge is 0.343 e. The van der Waals surface area contributed by atoms with Crippen LogP contribution in [0.5, 0.6) is 0 Å². The van der Waals surface area contributed by atoms with Crippen molar-refractivity contribution in [2.24, 2.45) is 17.8 Å². The summed E-state index contributed by atoms with van der Waals surface area (Å²) in [6.07, 6.45) is 9.58. The van der Waals surface area contributed by atoms with Gasteiger partial charge in [-0.1, -0.05) is 25.1 Å². The van der Waals surface area contributed by atoms with Crippen LogP contribution in [0.25, 0.3) is 0 Å². The molecule has 0 radical (unpaired) electrons. The third-order valence-electron chi connectivity index (χ3n) is 6.23. The normalized spacial score (nSPS) is 32.9. The van der Waals surface area contributed by atoms with E-state index < -0.39 is 0 Å². The molecular weight excluding hydrogens is 336 g/mol. The van der Waals surface area contributed by atoms with Crippen LogP contribution in [-0.4, -0.2) is 32.0 Å². The number of hydrogen-bond acceptors (Lipinski definition) is 4. The zero-order valence-electron chi connectivity index (χ0n) is 14.9. The summed E-state index contributed by atoms with van der Waals surface area (Å²) in [6.45, 7) is 2.75. The zero-order valence-corrected chi connectivity index (χ0v) is 15.7. The molecule has 2 N–H and O–H groups in total. The maximum absolute atomic E-state index is 12.6. The first kappa shape index (κ1) is 17.2. The maximum atomic E-state index is 12.6. The highest BCUT2D eigenvalue weighted by atomic mass is 32.2. The second-order valence-electron chi connectivity index (χ2n) is 8.35. The topological polar surface area (TPSA) is 79.8 Å². The molecule has 0 aromatic carbocycles. The molecule has 4 aliphatic carbocycles. The number of aromatic amines is 1. The van der Waals surface area contributed by atoms with Gasteiger partial charge in [0.25, 0.3) is 0 Å². The van der Waals surface area contributed by atoms with Crippen molar-refractivity contribution >= 4 is 17.7 Å². The van der Waals surface area contributed by atoms with Crippen molar-refractivity contribution in [1.82, 2.24) is 20.1 Å². The van der Waals surface area contributed by atoms with E-state index >= 15 is 0 Å². The minimum Gasteiger partial charge on any atom is -0.350 e. The van der Waals surface area contributed by atoms with Crippen molar-refractivity contribution in [3.05, 3.63) is 10.5 Å². The van der Waals surface area contributed by atoms with Crippen molar-refractivity contribution in [2.45, 2.75) is 75.5 Å². The molecule has 6 nitrogen and oxygen atoms in total. The van der Waals surface area contributed by atoms with Gasteiger partial charge in [0.15, 0.2) is 5.16 Å². The third-order valence-corrected chi connectivity index (χ3v) is 7.21. The summed E-state index contributed by atoms with van der Waals surface area (Å²) in [7, 11) is 0. The zero-order chi connectivity index (χ0) is 17.4. The Kier molecular flexibility index (Phi) is 4.69. The first-order chi connectivity index (χ1) is 12.1. The molecule has 4 saturated carbocycles. The molecule has 25 heavy (non-hydrogen) atoms. The Hall–Kier alpha value is -1.24. The van der Waals surface area contributed by atoms with E-state index in [0.717, 1.165) is 30.6 Å². The molecule has 7 heteroatoms. The van der Waals surface area contributed by atoms with Gasteiger partial charge in [-0.25, -0.2) is 9.89 Å². The SMILES string of the molecule is CCCCn1c(SCC(=O)NC23CC4CC(CC(C4)C2)C3)n[nH]c1=O. The van der Waals surface area contributed by atoms with Gasteiger partial charge in [-0.05, 0) is 62.7 Å². The van der Waals surface area contributed by atoms with Crippen LogP contribution in [-0.2, 0) is 11.3 Å². The number of nitrogens with zero attached hydrogens (tertiary/aromatic N) is 2. The fourth-order valence-corrected chi connectivity index (χ4v) is 6.43. The van der Waals surface area contributed by atoms with E-state index in [4.69, 9.17) is 0 Å². The lowest BCUT2D eigenvalue weighted by molar-refractivity contribution is -0.124. The Bertz CT molecular complexity index is 660. The summed E-state index contributed by atoms with van der Waals surface area (Å²) in [5, 5.41) is 10.6. The van der Waals surface area contributed by atoms with Gasteiger partial charge >= 0.3 is 5.69 Å². The Balaban J connectivity index is 1.35. The van der Waals surface area contributed by atoms with E-state index in [0.29, 0.717) is 17.5 Å². The van der Waals surface area contributed by atoms with E-state index in [1.165, 1.54) is 50.3 Å². The second kappa shape index (κ2) is 6.82. The lowest BCUT2D eigenvalue weighted by Crippen LogP contribution is -2.60. The minimum absolute atomic E-state index is 0.0554. The number of unbranched alkanes of at least 4 members (excludes halogenated alkanes) is 1. The van der Waals surface area contributed by atoms with E-state index in [-0.39, 0.29) is 17.1 Å². The molecule has 138 valence electrons. The van der Waals surface area contributed by atoms with Gasteiger partial charge in [0.05, 0.1) is 5.75 Å². The number of H-pyrrole nitrogens is 1. The highest BCUT2D eigenvalue weighted by molar-refractivity contribution is 7.99. The van der Waals surface area contributed by atoms with Gasteiger partial charge in [0, 0.05) is 12.1 Å². The van der Waals surface area contributed by atoms with E-state index in [1.807, 2.05) is 0 Å². The molecule has 1 amide bonds. The van der Waals surface area contributed by atoms with Crippen LogP contribution in [0.1, 0.15) is 58.3 Å². The van der Waals surface area contributed by atoms with E-state index in [9.17, 15) is 9.59 Å². The van der Waals surface area contributed by atoms with Gasteiger partial charge in [-0.3, -0.25) is 9.36 Å². The Morgan fingerprint density at radius 1 is 1.28 bits per heavy atom. The fraction of sp³-hybridized carbons (Fsp3) is 0.833. The van der Waals surface area contributed by atoms with Gasteiger partial charge < -0.3 is 5.32 Å². The van der Waals surface area contributed by atoms with Crippen LogP contribution in [0.3, 0.4) is 0 Å². The van der Waals surface area contributed by atoms with Crippen LogP contribution >= 0.6 is 11.8 Å². The largest absolute Gasteiger partial charge is 0.350 e. The first-order valence-electron chi connectivity index (χ1n) is 9.66. The van der Waals surface area contributed by atoms with Crippen LogP contribution in [0, 0.1) is 17.8 Å². The Morgan fingerprint density at radius 2 is 1.92 bits per heavy atom. The number of thioether (sulfide) groups is 1. The van der Waals surface area contributed by atoms with Crippen molar-refractivity contribution in [1.29, 1.82) is 0 Å². The van der Waals surface area contributed by atoms with Crippen LogP contribution < -0.4 is 11.0 Å². The van der Waals surface area contributed by atoms with Crippen molar-refractivity contribution in [2.75, 3.05) is 5.75 Å². The number of amides is 1. The first-order valence-corrected chi connectivity index (χ1v) is 10.6. The van der Waals surface area contributed by atoms with E-state index in [2.05, 4.69) is 22.4 Å². The standard InChI is InChI=1S/C18H28N4O2S/c1-2-3-4-22-16(24)20-21-17(22)25-11-15(23)19-18-8-12-5-13(9-18)7-14(6-12)10-18/h12-14H,2-11H2,1H3,(H,19,23)(H,20,24). The summed E-state index contributed by atoms with van der Waals surface area (Å²) in [5.74, 6) is 2.89. The molecular formula is C18H28N4O2S. The van der Waals surface area contributed by atoms with Gasteiger partial charge in [0.2, 0.25) is 5.91 Å². The molecule has 4 aliphatic rings. The molecule has 0 atom stereocenters. The molecule has 5 rings (SSSR count). The molecule has 1 heterocycles. The number of rotatable bonds is 7. The van der Waals surface area contributed by atoms with Crippen LogP contribution in [0.4, 0.5) is 0 Å². The second-order valence-corrected chi connectivity index (χ2v) is 9.29. The molecule has 0 unspecified atom stereocenters. The summed E-state index contributed by atoms with van der Waals surface area (Å²) in [6, 6.07) is 0. The monoisotopic (exact) mass is 364 g/mol. The summed E-state index contributed by atoms with van der Waals surface area (Å²) in [4.78, 5) is 24.4. The molecule has 1 aromatic rings. The van der Waals surface area contributed by atoms with Crippen molar-refractivity contribution < 1.29 is 4.79 Å². The number of hydrogen-bond donors (Lipinski definition) is 2. The van der Waals surface area contributed by atoms with Gasteiger partial charge in [-0.2, -0.15) is 0 Å². The third kappa shape index (κ3) is 3.52. The lowest BCUT2D eigenvalue weighted by Gasteiger charge is -2.56. The predicted molar refractivity (Wildman–Crippen MR) is 97.5 cm³/mol. The molecule has 4 bridgehead atoms. The van der Waals surface area contributed by atoms with E-state index in [1.54, 1.807) is 4.57 Å². The lowest BCUT2D eigenvalue weighted by atomic mass is 9.53. The van der Waals surface area contributed by atoms with Crippen LogP contribution in [0.15, 0.2) is 9.95 Å². The molecule has 0 aliphatic heterocycles. The Morgan fingerprint density at radius 3 is 2.52 bits per heavy atom. The highest BCUT2D eigenvalue weighted by Crippen LogP contribution is 2.55.